The summed E-state index contributed by atoms with van der Waals surface area (Å²) in [5, 5.41) is 1.62. The summed E-state index contributed by atoms with van der Waals surface area (Å²) >= 11 is 6.29. The van der Waals surface area contributed by atoms with Crippen LogP contribution in [0.2, 0.25) is 0 Å². The molecule has 0 fully saturated rings. The van der Waals surface area contributed by atoms with Gasteiger partial charge >= 0.3 is 0 Å². The first-order chi connectivity index (χ1) is 30.2. The summed E-state index contributed by atoms with van der Waals surface area (Å²) in [5.74, 6) is 0. The molecule has 61 heavy (non-hydrogen) atoms. The average molecular weight is 863 g/mol. The number of aromatic nitrogens is 3. The van der Waals surface area contributed by atoms with Crippen LogP contribution >= 0.6 is 34.8 Å². The maximum absolute atomic E-state index is 4.99. The van der Waals surface area contributed by atoms with Crippen molar-refractivity contribution in [1.29, 1.82) is 0 Å². The van der Waals surface area contributed by atoms with Gasteiger partial charge in [-0.1, -0.05) is 103 Å². The number of para-hydroxylation sites is 2. The third-order valence-electron chi connectivity index (χ3n) is 12.2. The Morgan fingerprint density at radius 1 is 0.689 bits per heavy atom. The van der Waals surface area contributed by atoms with Gasteiger partial charge in [0.05, 0.1) is 40.0 Å². The lowest BCUT2D eigenvalue weighted by atomic mass is 10.0. The third-order valence-corrected chi connectivity index (χ3v) is 15.8. The van der Waals surface area contributed by atoms with Crippen LogP contribution in [-0.2, 0) is 24.2 Å². The van der Waals surface area contributed by atoms with E-state index in [1.165, 1.54) is 88.8 Å². The van der Waals surface area contributed by atoms with E-state index in [-0.39, 0.29) is 0 Å². The van der Waals surface area contributed by atoms with Crippen LogP contribution in [0.5, 0.6) is 0 Å². The maximum Gasteiger partial charge on any atom is 0.116 e. The Labute approximate surface area is 370 Å². The van der Waals surface area contributed by atoms with Gasteiger partial charge in [-0.15, -0.1) is 23.1 Å². The lowest BCUT2D eigenvalue weighted by molar-refractivity contribution is 0.888. The molecule has 6 nitrogen and oxygen atoms in total. The summed E-state index contributed by atoms with van der Waals surface area (Å²) in [6.45, 7) is 0.823. The van der Waals surface area contributed by atoms with Gasteiger partial charge in [0.2, 0.25) is 0 Å². The molecule has 0 N–H and O–H groups in total. The number of benzene rings is 4. The predicted molar refractivity (Wildman–Crippen MR) is 259 cm³/mol. The Balaban J connectivity index is 0.810. The van der Waals surface area contributed by atoms with Gasteiger partial charge in [0, 0.05) is 77.7 Å². The fourth-order valence-corrected chi connectivity index (χ4v) is 12.8. The van der Waals surface area contributed by atoms with E-state index in [0.29, 0.717) is 11.7 Å². The van der Waals surface area contributed by atoms with Crippen molar-refractivity contribution in [3.05, 3.63) is 201 Å². The van der Waals surface area contributed by atoms with Gasteiger partial charge in [0.1, 0.15) is 11.4 Å². The lowest BCUT2D eigenvalue weighted by Gasteiger charge is -2.26. The second-order valence-electron chi connectivity index (χ2n) is 15.7. The standard InChI is InChI=1S/C51H38N6S4/c1-2-10-30-56(41-15-7-4-12-32(41)11-3-1)35-22-18-33(19-23-35)44-26-28-46(58-44)48-39-31-40(53-60-52-39)49(51-50(48)54-61-55-51)47-29-27-45(59-47)34-20-24-36(25-21-34)57-42-16-8-5-13-37(42)38-14-6-9-17-43(38)57/h1-8,10,12-16,18-25,27-29,44H,9,11,17,26,30-31H2/b3-1-,10-2-. The van der Waals surface area contributed by atoms with Crippen molar-refractivity contribution in [2.45, 2.75) is 37.4 Å². The van der Waals surface area contributed by atoms with E-state index >= 15 is 0 Å². The summed E-state index contributed by atoms with van der Waals surface area (Å²) in [6, 6.07) is 40.3. The SMILES string of the molecule is C1=Cc2c(n(-c3ccc(-c4ccc(C5=C6CC(=C(C7=CCC(c8ccc(N9C/C=C\C=C/Cc%10ccccc%109)cc8)S7)c7nsnc75)N=S=N6)s4)cc3)c3ccccc23)CC1. The molecule has 7 aromatic rings. The molecule has 296 valence electrons. The number of fused-ring (bicyclic) bond motifs is 7. The number of hydrogen-bond acceptors (Lipinski definition) is 8. The molecule has 4 aromatic carbocycles. The second kappa shape index (κ2) is 15.5. The molecule has 10 heteroatoms. The summed E-state index contributed by atoms with van der Waals surface area (Å²) in [6.07, 6.45) is 20.4. The molecule has 12 rings (SSSR count). The summed E-state index contributed by atoms with van der Waals surface area (Å²) < 4.78 is 22.3. The van der Waals surface area contributed by atoms with E-state index in [4.69, 9.17) is 17.5 Å². The summed E-state index contributed by atoms with van der Waals surface area (Å²) in [4.78, 5) is 6.02. The molecule has 0 amide bonds. The van der Waals surface area contributed by atoms with Crippen LogP contribution in [0.1, 0.15) is 63.2 Å². The zero-order valence-electron chi connectivity index (χ0n) is 33.1. The highest BCUT2D eigenvalue weighted by molar-refractivity contribution is 8.04. The number of thioether (sulfide) groups is 1. The molecular formula is C51H38N6S4. The summed E-state index contributed by atoms with van der Waals surface area (Å²) in [5.41, 5.74) is 17.6. The zero-order chi connectivity index (χ0) is 40.3. The van der Waals surface area contributed by atoms with Crippen LogP contribution in [0.15, 0.2) is 171 Å². The van der Waals surface area contributed by atoms with Crippen molar-refractivity contribution >= 4 is 85.7 Å². The van der Waals surface area contributed by atoms with Gasteiger partial charge in [0.25, 0.3) is 0 Å². The minimum absolute atomic E-state index is 0.305. The first-order valence-electron chi connectivity index (χ1n) is 20.8. The molecule has 1 unspecified atom stereocenters. The minimum Gasteiger partial charge on any atom is -0.337 e. The smallest absolute Gasteiger partial charge is 0.116 e. The van der Waals surface area contributed by atoms with Gasteiger partial charge < -0.3 is 9.47 Å². The Morgan fingerprint density at radius 3 is 2.36 bits per heavy atom. The Kier molecular flexibility index (Phi) is 9.39. The number of rotatable bonds is 6. The van der Waals surface area contributed by atoms with Crippen molar-refractivity contribution in [2.24, 2.45) is 8.73 Å². The largest absolute Gasteiger partial charge is 0.337 e. The Bertz CT molecular complexity index is 3160. The molecule has 5 aliphatic rings. The van der Waals surface area contributed by atoms with Gasteiger partial charge in [-0.25, -0.2) is 0 Å². The highest BCUT2D eigenvalue weighted by Gasteiger charge is 2.34. The molecular weight excluding hydrogens is 825 g/mol. The van der Waals surface area contributed by atoms with Gasteiger partial charge in [-0.2, -0.15) is 17.5 Å². The molecule has 0 saturated carbocycles. The molecule has 0 radical (unpaired) electrons. The molecule has 1 atom stereocenters. The molecule has 2 bridgehead atoms. The van der Waals surface area contributed by atoms with E-state index in [0.717, 1.165) is 71.0 Å². The third kappa shape index (κ3) is 6.52. The van der Waals surface area contributed by atoms with Crippen molar-refractivity contribution in [1.82, 2.24) is 13.3 Å². The van der Waals surface area contributed by atoms with E-state index in [1.807, 2.05) is 11.8 Å². The first kappa shape index (κ1) is 36.9. The number of nitrogens with zero attached hydrogens (tertiary/aromatic N) is 6. The fraction of sp³-hybridized carbons (Fsp3) is 0.137. The van der Waals surface area contributed by atoms with E-state index < -0.39 is 0 Å². The minimum atomic E-state index is 0.305. The molecule has 0 saturated heterocycles. The number of hydrogen-bond donors (Lipinski definition) is 0. The second-order valence-corrected chi connectivity index (χ2v) is 19.1. The Hall–Kier alpha value is -5.91. The van der Waals surface area contributed by atoms with Crippen molar-refractivity contribution < 1.29 is 0 Å². The fourth-order valence-electron chi connectivity index (χ4n) is 9.29. The van der Waals surface area contributed by atoms with Gasteiger partial charge in [0.15, 0.2) is 0 Å². The molecule has 6 heterocycles. The van der Waals surface area contributed by atoms with E-state index in [2.05, 4.69) is 161 Å². The number of allylic oxidation sites excluding steroid dienone is 6. The van der Waals surface area contributed by atoms with Crippen LogP contribution < -0.4 is 4.90 Å². The lowest BCUT2D eigenvalue weighted by Crippen LogP contribution is -2.18. The first-order valence-corrected chi connectivity index (χ1v) is 23.9. The Morgan fingerprint density at radius 2 is 1.46 bits per heavy atom. The number of thiophene rings is 1. The van der Waals surface area contributed by atoms with Crippen LogP contribution in [0.25, 0.3) is 44.3 Å². The topological polar surface area (TPSA) is 58.7 Å². The van der Waals surface area contributed by atoms with Crippen LogP contribution in [0.3, 0.4) is 0 Å². The van der Waals surface area contributed by atoms with E-state index in [9.17, 15) is 0 Å². The van der Waals surface area contributed by atoms with E-state index in [1.54, 1.807) is 11.3 Å². The predicted octanol–water partition coefficient (Wildman–Crippen LogP) is 14.1. The molecule has 3 aliphatic heterocycles. The monoisotopic (exact) mass is 862 g/mol. The highest BCUT2D eigenvalue weighted by Crippen LogP contribution is 2.53. The van der Waals surface area contributed by atoms with Crippen molar-refractivity contribution in [2.75, 3.05) is 11.4 Å². The maximum atomic E-state index is 4.99. The number of anilines is 2. The molecule has 3 aromatic heterocycles. The molecule has 2 aliphatic carbocycles. The zero-order valence-corrected chi connectivity index (χ0v) is 36.3. The van der Waals surface area contributed by atoms with Crippen LogP contribution in [0.4, 0.5) is 11.4 Å². The molecule has 0 spiro atoms. The van der Waals surface area contributed by atoms with Gasteiger partial charge in [-0.3, -0.25) is 0 Å². The van der Waals surface area contributed by atoms with Crippen molar-refractivity contribution in [3.8, 4) is 16.1 Å². The van der Waals surface area contributed by atoms with Crippen LogP contribution in [-0.4, -0.2) is 19.9 Å². The van der Waals surface area contributed by atoms with Crippen molar-refractivity contribution in [3.63, 3.8) is 0 Å². The highest BCUT2D eigenvalue weighted by atomic mass is 32.2. The quantitative estimate of drug-likeness (QED) is 0.167. The normalized spacial score (nSPS) is 19.0. The van der Waals surface area contributed by atoms with Gasteiger partial charge in [-0.05, 0) is 90.9 Å². The average Bonchev–Trinajstić information content (AvgIpc) is 4.15. The summed E-state index contributed by atoms with van der Waals surface area (Å²) in [7, 11) is 0. The van der Waals surface area contributed by atoms with Crippen LogP contribution in [0, 0.1) is 0 Å².